The smallest absolute Gasteiger partial charge is 0.101 e. The van der Waals surface area contributed by atoms with Crippen LogP contribution in [0.3, 0.4) is 0 Å². The highest BCUT2D eigenvalue weighted by Gasteiger charge is 2.19. The van der Waals surface area contributed by atoms with Crippen LogP contribution in [-0.4, -0.2) is 9.97 Å². The molecule has 8 heteroatoms. The zero-order chi connectivity index (χ0) is 42.7. The van der Waals surface area contributed by atoms with Crippen molar-refractivity contribution in [1.82, 2.24) is 9.97 Å². The molecule has 0 unspecified atom stereocenters. The van der Waals surface area contributed by atoms with E-state index in [1.54, 1.807) is 22.7 Å². The highest BCUT2D eigenvalue weighted by molar-refractivity contribution is 7.26. The molecule has 11 rings (SSSR count). The van der Waals surface area contributed by atoms with Gasteiger partial charge in [-0.1, -0.05) is 109 Å². The number of pyridine rings is 2. The van der Waals surface area contributed by atoms with E-state index < -0.39 is 0 Å². The second-order valence-corrected chi connectivity index (χ2v) is 19.4. The van der Waals surface area contributed by atoms with Crippen molar-refractivity contribution in [2.45, 2.75) is 0 Å². The number of hydrogen-bond acceptors (Lipinski definition) is 8. The molecular weight excluding hydrogens is 857 g/mol. The van der Waals surface area contributed by atoms with Crippen LogP contribution in [0.2, 0.25) is 0 Å². The molecule has 11 aromatic rings. The van der Waals surface area contributed by atoms with Crippen molar-refractivity contribution in [3.63, 3.8) is 0 Å². The summed E-state index contributed by atoms with van der Waals surface area (Å²) in [5.41, 5.74) is 11.5. The number of nitrogens with zero attached hydrogens (tertiary/aromatic N) is 4. The summed E-state index contributed by atoms with van der Waals surface area (Å²) in [7, 11) is 0. The van der Waals surface area contributed by atoms with E-state index in [-0.39, 0.29) is 0 Å². The Morgan fingerprint density at radius 3 is 0.906 bits per heavy atom. The average Bonchev–Trinajstić information content (AvgIpc) is 4.23. The second kappa shape index (κ2) is 17.9. The predicted molar refractivity (Wildman–Crippen MR) is 276 cm³/mol. The molecule has 0 bridgehead atoms. The Morgan fingerprint density at radius 1 is 0.234 bits per heavy atom. The van der Waals surface area contributed by atoms with Crippen LogP contribution >= 0.6 is 45.3 Å². The van der Waals surface area contributed by atoms with Crippen molar-refractivity contribution in [3.05, 3.63) is 231 Å². The van der Waals surface area contributed by atoms with Crippen LogP contribution in [0.15, 0.2) is 231 Å². The van der Waals surface area contributed by atoms with Gasteiger partial charge >= 0.3 is 0 Å². The molecule has 6 aromatic heterocycles. The number of benzene rings is 5. The van der Waals surface area contributed by atoms with Gasteiger partial charge in [-0.2, -0.15) is 0 Å². The Labute approximate surface area is 389 Å². The van der Waals surface area contributed by atoms with Crippen LogP contribution in [0.25, 0.3) is 62.6 Å². The summed E-state index contributed by atoms with van der Waals surface area (Å²) >= 11 is 7.27. The van der Waals surface area contributed by atoms with Gasteiger partial charge in [0.15, 0.2) is 0 Å². The molecule has 306 valence electrons. The summed E-state index contributed by atoms with van der Waals surface area (Å²) in [5, 5.41) is 2.30. The highest BCUT2D eigenvalue weighted by Crippen LogP contribution is 2.46. The average molecular weight is 895 g/mol. The number of rotatable bonds is 12. The predicted octanol–water partition coefficient (Wildman–Crippen LogP) is 17.7. The van der Waals surface area contributed by atoms with E-state index >= 15 is 0 Å². The van der Waals surface area contributed by atoms with Crippen molar-refractivity contribution in [1.29, 1.82) is 0 Å². The van der Waals surface area contributed by atoms with Crippen LogP contribution < -0.4 is 9.80 Å². The lowest BCUT2D eigenvalue weighted by molar-refractivity contribution is 1.26. The van der Waals surface area contributed by atoms with Crippen LogP contribution in [0.1, 0.15) is 0 Å². The standard InChI is InChI=1S/C56H38N4S4/c1-3-7-43(8-4-1)49-23-25-51(61-49)53-27-29-55(63-53)59(47-31-35-57-36-32-47)45-19-15-41(16-20-45)39-11-13-40(14-12-39)42-17-21-46(22-18-42)60(48-33-37-58-38-34-48)56-30-28-54(64-56)52-26-24-50(62-52)44-9-5-2-6-10-44/h1-38H. The van der Waals surface area contributed by atoms with Gasteiger partial charge in [0, 0.05) is 76.8 Å². The van der Waals surface area contributed by atoms with Gasteiger partial charge in [0.25, 0.3) is 0 Å². The minimum atomic E-state index is 1.07. The molecule has 0 aliphatic heterocycles. The van der Waals surface area contributed by atoms with Gasteiger partial charge in [-0.25, -0.2) is 0 Å². The molecule has 0 radical (unpaired) electrons. The molecule has 5 aromatic carbocycles. The zero-order valence-corrected chi connectivity index (χ0v) is 37.6. The minimum Gasteiger partial charge on any atom is -0.302 e. The molecule has 6 heterocycles. The summed E-state index contributed by atoms with van der Waals surface area (Å²) in [6.07, 6.45) is 7.43. The van der Waals surface area contributed by atoms with Crippen LogP contribution in [0.5, 0.6) is 0 Å². The molecule has 0 aliphatic rings. The number of hydrogen-bond donors (Lipinski definition) is 0. The Bertz CT molecular complexity index is 3020. The normalized spacial score (nSPS) is 11.1. The molecule has 0 saturated carbocycles. The van der Waals surface area contributed by atoms with E-state index in [2.05, 4.69) is 226 Å². The van der Waals surface area contributed by atoms with E-state index in [4.69, 9.17) is 0 Å². The third kappa shape index (κ3) is 8.23. The van der Waals surface area contributed by atoms with E-state index in [1.165, 1.54) is 62.6 Å². The third-order valence-corrected chi connectivity index (χ3v) is 15.9. The van der Waals surface area contributed by atoms with Gasteiger partial charge in [0.2, 0.25) is 0 Å². The first kappa shape index (κ1) is 39.6. The van der Waals surface area contributed by atoms with E-state index in [9.17, 15) is 0 Å². The quantitative estimate of drug-likeness (QED) is 0.122. The first-order valence-corrected chi connectivity index (χ1v) is 24.2. The maximum absolute atomic E-state index is 4.31. The molecule has 0 aliphatic carbocycles. The first-order valence-electron chi connectivity index (χ1n) is 20.9. The Kier molecular flexibility index (Phi) is 11.1. The lowest BCUT2D eigenvalue weighted by Crippen LogP contribution is -2.08. The van der Waals surface area contributed by atoms with Gasteiger partial charge in [0.1, 0.15) is 10.0 Å². The molecule has 4 nitrogen and oxygen atoms in total. The van der Waals surface area contributed by atoms with Crippen molar-refractivity contribution < 1.29 is 0 Å². The van der Waals surface area contributed by atoms with Gasteiger partial charge in [-0.3, -0.25) is 9.97 Å². The first-order chi connectivity index (χ1) is 31.7. The summed E-state index contributed by atoms with van der Waals surface area (Å²) < 4.78 is 0. The van der Waals surface area contributed by atoms with Crippen LogP contribution in [0, 0.1) is 0 Å². The molecule has 0 atom stereocenters. The Balaban J connectivity index is 0.819. The summed E-state index contributed by atoms with van der Waals surface area (Å²) in [6, 6.07) is 74.0. The molecule has 64 heavy (non-hydrogen) atoms. The number of anilines is 6. The Morgan fingerprint density at radius 2 is 0.531 bits per heavy atom. The maximum atomic E-state index is 4.31. The summed E-state index contributed by atoms with van der Waals surface area (Å²) in [5.74, 6) is 0. The largest absolute Gasteiger partial charge is 0.302 e. The molecule has 0 N–H and O–H groups in total. The Hall–Kier alpha value is -7.20. The van der Waals surface area contributed by atoms with E-state index in [1.807, 2.05) is 47.5 Å². The van der Waals surface area contributed by atoms with E-state index in [0.29, 0.717) is 0 Å². The van der Waals surface area contributed by atoms with Gasteiger partial charge in [-0.15, -0.1) is 45.3 Å². The monoisotopic (exact) mass is 894 g/mol. The SMILES string of the molecule is c1ccc(-c2ccc(-c3ccc(N(c4ccncc4)c4ccc(-c5ccc(-c6ccc(N(c7ccncc7)c7ccc(-c8ccc(-c9ccccc9)s8)s7)cc6)cc5)cc4)s3)s2)cc1. The van der Waals surface area contributed by atoms with Crippen LogP contribution in [0.4, 0.5) is 32.8 Å². The minimum absolute atomic E-state index is 1.07. The second-order valence-electron chi connectivity index (χ2n) is 15.1. The van der Waals surface area contributed by atoms with Crippen molar-refractivity contribution >= 4 is 78.1 Å². The number of aromatic nitrogens is 2. The van der Waals surface area contributed by atoms with Gasteiger partial charge in [-0.05, 0) is 130 Å². The number of thiophene rings is 4. The van der Waals surface area contributed by atoms with E-state index in [0.717, 1.165) is 32.8 Å². The molecule has 0 amide bonds. The third-order valence-electron chi connectivity index (χ3n) is 11.1. The molecule has 0 fully saturated rings. The van der Waals surface area contributed by atoms with Crippen molar-refractivity contribution in [2.24, 2.45) is 0 Å². The molecule has 0 saturated heterocycles. The maximum Gasteiger partial charge on any atom is 0.101 e. The molecular formula is C56H38N4S4. The zero-order valence-electron chi connectivity index (χ0n) is 34.4. The fourth-order valence-electron chi connectivity index (χ4n) is 7.87. The lowest BCUT2D eigenvalue weighted by atomic mass is 10.00. The summed E-state index contributed by atoms with van der Waals surface area (Å²) in [6.45, 7) is 0. The molecule has 0 spiro atoms. The van der Waals surface area contributed by atoms with Crippen molar-refractivity contribution in [3.8, 4) is 62.6 Å². The van der Waals surface area contributed by atoms with Gasteiger partial charge in [0.05, 0.1) is 0 Å². The van der Waals surface area contributed by atoms with Gasteiger partial charge < -0.3 is 9.80 Å². The fourth-order valence-corrected chi connectivity index (χ4v) is 12.2. The highest BCUT2D eigenvalue weighted by atomic mass is 32.1. The lowest BCUT2D eigenvalue weighted by Gasteiger charge is -2.23. The van der Waals surface area contributed by atoms with Crippen molar-refractivity contribution in [2.75, 3.05) is 9.80 Å². The topological polar surface area (TPSA) is 32.3 Å². The van der Waals surface area contributed by atoms with Crippen LogP contribution in [-0.2, 0) is 0 Å². The summed E-state index contributed by atoms with van der Waals surface area (Å²) in [4.78, 5) is 20.9. The fraction of sp³-hybridized carbons (Fsp3) is 0.